The first-order valence-corrected chi connectivity index (χ1v) is 7.00. The molecule has 3 N–H and O–H groups in total. The quantitative estimate of drug-likeness (QED) is 0.712. The van der Waals surface area contributed by atoms with E-state index in [9.17, 15) is 9.59 Å². The van der Waals surface area contributed by atoms with E-state index in [1.165, 1.54) is 0 Å². The number of carbonyl (C=O) groups excluding carboxylic acids is 2. The molecule has 0 aliphatic carbocycles. The minimum atomic E-state index is -0.517. The highest BCUT2D eigenvalue weighted by molar-refractivity contribution is 5.98. The first kappa shape index (κ1) is 17.0. The highest BCUT2D eigenvalue weighted by Gasteiger charge is 2.16. The first-order valence-electron chi connectivity index (χ1n) is 7.00. The minimum Gasteiger partial charge on any atom is -0.384 e. The molecule has 0 aliphatic rings. The van der Waals surface area contributed by atoms with E-state index in [2.05, 4.69) is 16.0 Å². The Morgan fingerprint density at radius 1 is 1.29 bits per heavy atom. The van der Waals surface area contributed by atoms with Gasteiger partial charge in [-0.05, 0) is 31.9 Å². The zero-order valence-electron chi connectivity index (χ0n) is 12.7. The van der Waals surface area contributed by atoms with E-state index in [1.54, 1.807) is 21.0 Å². The Bertz CT molecular complexity index is 477. The Hall–Kier alpha value is -2.08. The number of rotatable bonds is 7. The molecule has 0 aliphatic heterocycles. The van der Waals surface area contributed by atoms with Gasteiger partial charge in [0.1, 0.15) is 6.04 Å². The van der Waals surface area contributed by atoms with Crippen LogP contribution in [0.5, 0.6) is 0 Å². The molecule has 3 amide bonds. The zero-order valence-corrected chi connectivity index (χ0v) is 12.7. The van der Waals surface area contributed by atoms with Crippen molar-refractivity contribution in [3.8, 4) is 0 Å². The van der Waals surface area contributed by atoms with Crippen LogP contribution in [-0.2, 0) is 16.0 Å². The Morgan fingerprint density at radius 3 is 2.67 bits per heavy atom. The Labute approximate surface area is 125 Å². The standard InChI is InChI=1S/C15H23N3O3/c1-4-16-15(20)18-14(19)11(2)17-13-8-6-5-7-12(13)9-10-21-3/h5-8,11,17H,4,9-10H2,1-3H3,(H2,16,18,19,20). The van der Waals surface area contributed by atoms with E-state index in [0.717, 1.165) is 17.7 Å². The van der Waals surface area contributed by atoms with Crippen molar-refractivity contribution in [2.75, 3.05) is 25.6 Å². The van der Waals surface area contributed by atoms with Crippen LogP contribution < -0.4 is 16.0 Å². The van der Waals surface area contributed by atoms with Gasteiger partial charge in [-0.25, -0.2) is 4.79 Å². The van der Waals surface area contributed by atoms with Gasteiger partial charge < -0.3 is 15.4 Å². The van der Waals surface area contributed by atoms with Crippen molar-refractivity contribution in [2.45, 2.75) is 26.3 Å². The number of urea groups is 1. The van der Waals surface area contributed by atoms with Gasteiger partial charge in [0, 0.05) is 19.3 Å². The highest BCUT2D eigenvalue weighted by Crippen LogP contribution is 2.16. The SMILES string of the molecule is CCNC(=O)NC(=O)C(C)Nc1ccccc1CCOC. The third kappa shape index (κ3) is 5.83. The summed E-state index contributed by atoms with van der Waals surface area (Å²) in [7, 11) is 1.65. The monoisotopic (exact) mass is 293 g/mol. The Balaban J connectivity index is 2.63. The number of ether oxygens (including phenoxy) is 1. The van der Waals surface area contributed by atoms with Crippen LogP contribution in [0, 0.1) is 0 Å². The van der Waals surface area contributed by atoms with Crippen LogP contribution >= 0.6 is 0 Å². The lowest BCUT2D eigenvalue weighted by molar-refractivity contribution is -0.120. The van der Waals surface area contributed by atoms with Crippen molar-refractivity contribution >= 4 is 17.6 Å². The van der Waals surface area contributed by atoms with Crippen molar-refractivity contribution in [1.29, 1.82) is 0 Å². The molecule has 0 bridgehead atoms. The maximum absolute atomic E-state index is 11.9. The van der Waals surface area contributed by atoms with Crippen LogP contribution in [0.1, 0.15) is 19.4 Å². The largest absolute Gasteiger partial charge is 0.384 e. The average molecular weight is 293 g/mol. The number of methoxy groups -OCH3 is 1. The van der Waals surface area contributed by atoms with Crippen LogP contribution in [0.15, 0.2) is 24.3 Å². The molecule has 6 nitrogen and oxygen atoms in total. The molecule has 21 heavy (non-hydrogen) atoms. The average Bonchev–Trinajstić information content (AvgIpc) is 2.46. The second kappa shape index (κ2) is 8.97. The molecule has 116 valence electrons. The van der Waals surface area contributed by atoms with Gasteiger partial charge in [0.2, 0.25) is 5.91 Å². The number of anilines is 1. The molecule has 1 atom stereocenters. The smallest absolute Gasteiger partial charge is 0.321 e. The fraction of sp³-hybridized carbons (Fsp3) is 0.467. The summed E-state index contributed by atoms with van der Waals surface area (Å²) in [6.45, 7) is 4.58. The maximum atomic E-state index is 11.9. The second-order valence-corrected chi connectivity index (χ2v) is 4.61. The number of hydrogen-bond donors (Lipinski definition) is 3. The number of imide groups is 1. The lowest BCUT2D eigenvalue weighted by atomic mass is 10.1. The molecule has 0 fully saturated rings. The van der Waals surface area contributed by atoms with Crippen molar-refractivity contribution in [3.63, 3.8) is 0 Å². The van der Waals surface area contributed by atoms with Gasteiger partial charge >= 0.3 is 6.03 Å². The van der Waals surface area contributed by atoms with Gasteiger partial charge in [-0.3, -0.25) is 10.1 Å². The summed E-state index contributed by atoms with van der Waals surface area (Å²) in [5.74, 6) is -0.373. The third-order valence-corrected chi connectivity index (χ3v) is 2.93. The van der Waals surface area contributed by atoms with Gasteiger partial charge in [0.25, 0.3) is 0 Å². The fourth-order valence-corrected chi connectivity index (χ4v) is 1.81. The van der Waals surface area contributed by atoms with E-state index in [1.807, 2.05) is 24.3 Å². The summed E-state index contributed by atoms with van der Waals surface area (Å²) in [5, 5.41) is 7.93. The zero-order chi connectivity index (χ0) is 15.7. The maximum Gasteiger partial charge on any atom is 0.321 e. The molecular weight excluding hydrogens is 270 g/mol. The number of benzene rings is 1. The number of hydrogen-bond acceptors (Lipinski definition) is 4. The fourth-order valence-electron chi connectivity index (χ4n) is 1.81. The molecule has 1 unspecified atom stereocenters. The molecule has 1 aromatic carbocycles. The third-order valence-electron chi connectivity index (χ3n) is 2.93. The van der Waals surface area contributed by atoms with Gasteiger partial charge in [-0.2, -0.15) is 0 Å². The summed E-state index contributed by atoms with van der Waals surface area (Å²) < 4.78 is 5.07. The summed E-state index contributed by atoms with van der Waals surface area (Å²) >= 11 is 0. The molecule has 0 saturated heterocycles. The molecule has 1 rings (SSSR count). The lowest BCUT2D eigenvalue weighted by Gasteiger charge is -2.17. The van der Waals surface area contributed by atoms with E-state index in [4.69, 9.17) is 4.74 Å². The van der Waals surface area contributed by atoms with Gasteiger partial charge in [-0.1, -0.05) is 18.2 Å². The molecular formula is C15H23N3O3. The second-order valence-electron chi connectivity index (χ2n) is 4.61. The van der Waals surface area contributed by atoms with Crippen LogP contribution in [0.4, 0.5) is 10.5 Å². The van der Waals surface area contributed by atoms with E-state index >= 15 is 0 Å². The van der Waals surface area contributed by atoms with Crippen molar-refractivity contribution in [1.82, 2.24) is 10.6 Å². The van der Waals surface area contributed by atoms with Crippen LogP contribution in [0.25, 0.3) is 0 Å². The number of amides is 3. The topological polar surface area (TPSA) is 79.5 Å². The van der Waals surface area contributed by atoms with Gasteiger partial charge in [0.05, 0.1) is 6.61 Å². The normalized spacial score (nSPS) is 11.6. The molecule has 0 saturated carbocycles. The van der Waals surface area contributed by atoms with Crippen molar-refractivity contribution in [3.05, 3.63) is 29.8 Å². The van der Waals surface area contributed by atoms with E-state index in [0.29, 0.717) is 13.2 Å². The molecule has 1 aromatic rings. The first-order chi connectivity index (χ1) is 10.1. The van der Waals surface area contributed by atoms with Crippen LogP contribution in [-0.4, -0.2) is 38.2 Å². The summed E-state index contributed by atoms with van der Waals surface area (Å²) in [6.07, 6.45) is 0.754. The Morgan fingerprint density at radius 2 is 2.00 bits per heavy atom. The lowest BCUT2D eigenvalue weighted by Crippen LogP contribution is -2.45. The summed E-state index contributed by atoms with van der Waals surface area (Å²) in [4.78, 5) is 23.2. The molecule has 6 heteroatoms. The highest BCUT2D eigenvalue weighted by atomic mass is 16.5. The predicted octanol–water partition coefficient (Wildman–Crippen LogP) is 1.52. The number of nitrogens with one attached hydrogen (secondary N) is 3. The van der Waals surface area contributed by atoms with Gasteiger partial charge in [0.15, 0.2) is 0 Å². The number of carbonyl (C=O) groups is 2. The molecule has 0 aromatic heterocycles. The summed E-state index contributed by atoms with van der Waals surface area (Å²) in [5.41, 5.74) is 1.94. The minimum absolute atomic E-state index is 0.373. The van der Waals surface area contributed by atoms with Crippen molar-refractivity contribution < 1.29 is 14.3 Å². The molecule has 0 heterocycles. The van der Waals surface area contributed by atoms with E-state index in [-0.39, 0.29) is 5.91 Å². The predicted molar refractivity (Wildman–Crippen MR) is 82.3 cm³/mol. The van der Waals surface area contributed by atoms with Crippen LogP contribution in [0.2, 0.25) is 0 Å². The van der Waals surface area contributed by atoms with E-state index < -0.39 is 12.1 Å². The van der Waals surface area contributed by atoms with Crippen LogP contribution in [0.3, 0.4) is 0 Å². The summed E-state index contributed by atoms with van der Waals surface area (Å²) in [6, 6.07) is 6.72. The Kier molecular flexibility index (Phi) is 7.25. The number of para-hydroxylation sites is 1. The molecule has 0 radical (unpaired) electrons. The van der Waals surface area contributed by atoms with Crippen molar-refractivity contribution in [2.24, 2.45) is 0 Å². The molecule has 0 spiro atoms. The van der Waals surface area contributed by atoms with Gasteiger partial charge in [-0.15, -0.1) is 0 Å².